The SMILES string of the molecule is CC1CC(=O)N(c2cccc(Br)c2)C1=O. The van der Waals surface area contributed by atoms with Gasteiger partial charge in [0.2, 0.25) is 11.8 Å². The molecule has 0 spiro atoms. The molecule has 0 N–H and O–H groups in total. The van der Waals surface area contributed by atoms with Crippen LogP contribution in [0, 0.1) is 5.92 Å². The summed E-state index contributed by atoms with van der Waals surface area (Å²) in [7, 11) is 0. The molecule has 1 aromatic carbocycles. The molecule has 1 heterocycles. The van der Waals surface area contributed by atoms with Crippen LogP contribution in [-0.4, -0.2) is 11.8 Å². The molecule has 0 bridgehead atoms. The van der Waals surface area contributed by atoms with Gasteiger partial charge in [0.1, 0.15) is 0 Å². The maximum atomic E-state index is 11.7. The van der Waals surface area contributed by atoms with Gasteiger partial charge in [-0.25, -0.2) is 0 Å². The molecule has 1 aromatic rings. The summed E-state index contributed by atoms with van der Waals surface area (Å²) < 4.78 is 0.861. The third-order valence-electron chi connectivity index (χ3n) is 2.44. The van der Waals surface area contributed by atoms with Crippen LogP contribution in [0.4, 0.5) is 5.69 Å². The number of amides is 2. The first-order valence-corrected chi connectivity index (χ1v) is 5.51. The third-order valence-corrected chi connectivity index (χ3v) is 2.93. The van der Waals surface area contributed by atoms with Gasteiger partial charge in [-0.2, -0.15) is 0 Å². The number of benzene rings is 1. The van der Waals surface area contributed by atoms with E-state index in [2.05, 4.69) is 15.9 Å². The first-order valence-electron chi connectivity index (χ1n) is 4.72. The van der Waals surface area contributed by atoms with E-state index in [1.54, 1.807) is 19.1 Å². The summed E-state index contributed by atoms with van der Waals surface area (Å²) in [5.74, 6) is -0.430. The van der Waals surface area contributed by atoms with Crippen LogP contribution in [0.1, 0.15) is 13.3 Å². The second-order valence-corrected chi connectivity index (χ2v) is 4.57. The number of hydrogen-bond donors (Lipinski definition) is 0. The molecule has 0 saturated carbocycles. The maximum Gasteiger partial charge on any atom is 0.237 e. The highest BCUT2D eigenvalue weighted by Crippen LogP contribution is 2.27. The second kappa shape index (κ2) is 3.77. The fourth-order valence-electron chi connectivity index (χ4n) is 1.67. The highest BCUT2D eigenvalue weighted by Gasteiger charge is 2.36. The van der Waals surface area contributed by atoms with Crippen LogP contribution in [0.3, 0.4) is 0 Å². The van der Waals surface area contributed by atoms with E-state index in [4.69, 9.17) is 0 Å². The summed E-state index contributed by atoms with van der Waals surface area (Å²) in [6, 6.07) is 7.20. The molecule has 1 atom stereocenters. The first kappa shape index (κ1) is 10.4. The lowest BCUT2D eigenvalue weighted by molar-refractivity contribution is -0.122. The Labute approximate surface area is 96.2 Å². The second-order valence-electron chi connectivity index (χ2n) is 3.65. The van der Waals surface area contributed by atoms with E-state index in [0.29, 0.717) is 12.1 Å². The van der Waals surface area contributed by atoms with E-state index in [9.17, 15) is 9.59 Å². The summed E-state index contributed by atoms with van der Waals surface area (Å²) in [4.78, 5) is 24.6. The molecule has 1 unspecified atom stereocenters. The summed E-state index contributed by atoms with van der Waals surface area (Å²) in [6.45, 7) is 1.78. The highest BCUT2D eigenvalue weighted by atomic mass is 79.9. The van der Waals surface area contributed by atoms with Crippen LogP contribution in [0.25, 0.3) is 0 Å². The molecule has 0 aliphatic carbocycles. The van der Waals surface area contributed by atoms with Crippen LogP contribution in [0.5, 0.6) is 0 Å². The van der Waals surface area contributed by atoms with Gasteiger partial charge in [-0.15, -0.1) is 0 Å². The number of anilines is 1. The van der Waals surface area contributed by atoms with Crippen molar-refractivity contribution in [2.45, 2.75) is 13.3 Å². The molecule has 4 heteroatoms. The van der Waals surface area contributed by atoms with Gasteiger partial charge in [-0.1, -0.05) is 28.9 Å². The number of carbonyl (C=O) groups excluding carboxylic acids is 2. The lowest BCUT2D eigenvalue weighted by Gasteiger charge is -2.14. The number of imide groups is 1. The fourth-order valence-corrected chi connectivity index (χ4v) is 2.06. The lowest BCUT2D eigenvalue weighted by atomic mass is 10.1. The number of nitrogens with zero attached hydrogens (tertiary/aromatic N) is 1. The minimum Gasteiger partial charge on any atom is -0.274 e. The van der Waals surface area contributed by atoms with E-state index >= 15 is 0 Å². The van der Waals surface area contributed by atoms with Crippen molar-refractivity contribution in [1.29, 1.82) is 0 Å². The molecule has 0 aromatic heterocycles. The Morgan fingerprint density at radius 1 is 1.40 bits per heavy atom. The number of rotatable bonds is 1. The van der Waals surface area contributed by atoms with Crippen molar-refractivity contribution in [1.82, 2.24) is 0 Å². The van der Waals surface area contributed by atoms with E-state index in [0.717, 1.165) is 4.47 Å². The molecular formula is C11H10BrNO2. The number of carbonyl (C=O) groups is 2. The van der Waals surface area contributed by atoms with Gasteiger partial charge < -0.3 is 0 Å². The third kappa shape index (κ3) is 1.81. The van der Waals surface area contributed by atoms with Gasteiger partial charge >= 0.3 is 0 Å². The van der Waals surface area contributed by atoms with Gasteiger partial charge in [0.05, 0.1) is 5.69 Å². The van der Waals surface area contributed by atoms with Gasteiger partial charge in [-0.05, 0) is 18.2 Å². The Morgan fingerprint density at radius 2 is 2.13 bits per heavy atom. The highest BCUT2D eigenvalue weighted by molar-refractivity contribution is 9.10. The smallest absolute Gasteiger partial charge is 0.237 e. The summed E-state index contributed by atoms with van der Waals surface area (Å²) >= 11 is 3.31. The molecule has 1 aliphatic rings. The standard InChI is InChI=1S/C11H10BrNO2/c1-7-5-10(14)13(11(7)15)9-4-2-3-8(12)6-9/h2-4,6-7H,5H2,1H3. The maximum absolute atomic E-state index is 11.7. The van der Waals surface area contributed by atoms with Crippen LogP contribution in [0.2, 0.25) is 0 Å². The van der Waals surface area contributed by atoms with Crippen LogP contribution >= 0.6 is 15.9 Å². The molecule has 3 nitrogen and oxygen atoms in total. The monoisotopic (exact) mass is 267 g/mol. The van der Waals surface area contributed by atoms with Crippen LogP contribution < -0.4 is 4.90 Å². The molecule has 1 fully saturated rings. The summed E-state index contributed by atoms with van der Waals surface area (Å²) in [5.41, 5.74) is 0.642. The van der Waals surface area contributed by atoms with Gasteiger partial charge in [0, 0.05) is 16.8 Å². The number of halogens is 1. The van der Waals surface area contributed by atoms with Crippen molar-refractivity contribution in [3.05, 3.63) is 28.7 Å². The average Bonchev–Trinajstić information content (AvgIpc) is 2.41. The van der Waals surface area contributed by atoms with Crippen molar-refractivity contribution >= 4 is 33.4 Å². The van der Waals surface area contributed by atoms with Crippen molar-refractivity contribution in [2.75, 3.05) is 4.90 Å². The van der Waals surface area contributed by atoms with Gasteiger partial charge in [-0.3, -0.25) is 14.5 Å². The van der Waals surface area contributed by atoms with E-state index in [-0.39, 0.29) is 17.7 Å². The van der Waals surface area contributed by atoms with Gasteiger partial charge in [0.15, 0.2) is 0 Å². The molecule has 2 rings (SSSR count). The van der Waals surface area contributed by atoms with E-state index in [1.165, 1.54) is 4.90 Å². The largest absolute Gasteiger partial charge is 0.274 e. The average molecular weight is 268 g/mol. The zero-order valence-electron chi connectivity index (χ0n) is 8.24. The predicted octanol–water partition coefficient (Wildman–Crippen LogP) is 2.35. The number of hydrogen-bond acceptors (Lipinski definition) is 2. The molecule has 78 valence electrons. The normalized spacial score (nSPS) is 21.2. The quantitative estimate of drug-likeness (QED) is 0.733. The molecule has 1 saturated heterocycles. The molecule has 15 heavy (non-hydrogen) atoms. The minimum absolute atomic E-state index is 0.113. The van der Waals surface area contributed by atoms with Crippen molar-refractivity contribution in [3.63, 3.8) is 0 Å². The Hall–Kier alpha value is -1.16. The predicted molar refractivity (Wildman–Crippen MR) is 60.4 cm³/mol. The fraction of sp³-hybridized carbons (Fsp3) is 0.273. The van der Waals surface area contributed by atoms with Crippen molar-refractivity contribution in [3.8, 4) is 0 Å². The van der Waals surface area contributed by atoms with E-state index < -0.39 is 0 Å². The summed E-state index contributed by atoms with van der Waals surface area (Å²) in [5, 5.41) is 0. The van der Waals surface area contributed by atoms with Gasteiger partial charge in [0.25, 0.3) is 0 Å². The molecular weight excluding hydrogens is 258 g/mol. The van der Waals surface area contributed by atoms with Crippen LogP contribution in [-0.2, 0) is 9.59 Å². The zero-order chi connectivity index (χ0) is 11.0. The summed E-state index contributed by atoms with van der Waals surface area (Å²) in [6.07, 6.45) is 0.311. The molecule has 1 aliphatic heterocycles. The van der Waals surface area contributed by atoms with Crippen molar-refractivity contribution < 1.29 is 9.59 Å². The van der Waals surface area contributed by atoms with Crippen LogP contribution in [0.15, 0.2) is 28.7 Å². The van der Waals surface area contributed by atoms with Crippen molar-refractivity contribution in [2.24, 2.45) is 5.92 Å². The molecule has 2 amide bonds. The lowest BCUT2D eigenvalue weighted by Crippen LogP contribution is -2.29. The topological polar surface area (TPSA) is 37.4 Å². The minimum atomic E-state index is -0.198. The molecule has 0 radical (unpaired) electrons. The Morgan fingerprint density at radius 3 is 2.67 bits per heavy atom. The van der Waals surface area contributed by atoms with E-state index in [1.807, 2.05) is 12.1 Å². The first-order chi connectivity index (χ1) is 7.09. The zero-order valence-corrected chi connectivity index (χ0v) is 9.82. The Bertz CT molecular complexity index is 430. The Kier molecular flexibility index (Phi) is 2.61. The Balaban J connectivity index is 2.39.